The number of rotatable bonds is 4. The van der Waals surface area contributed by atoms with Gasteiger partial charge in [0, 0.05) is 6.54 Å². The summed E-state index contributed by atoms with van der Waals surface area (Å²) in [6.45, 7) is 1.81. The Morgan fingerprint density at radius 3 is 2.73 bits per heavy atom. The molecule has 7 heteroatoms. The fourth-order valence-electron chi connectivity index (χ4n) is 2.33. The van der Waals surface area contributed by atoms with Gasteiger partial charge in [-0.1, -0.05) is 23.7 Å². The van der Waals surface area contributed by atoms with Crippen LogP contribution in [0.25, 0.3) is 0 Å². The van der Waals surface area contributed by atoms with E-state index < -0.39 is 23.8 Å². The number of carboxylic acid groups (broad SMARTS) is 1. The van der Waals surface area contributed by atoms with E-state index in [1.54, 1.807) is 24.3 Å². The van der Waals surface area contributed by atoms with E-state index in [0.717, 1.165) is 0 Å². The minimum atomic E-state index is -1.22. The van der Waals surface area contributed by atoms with E-state index in [1.807, 2.05) is 0 Å². The van der Waals surface area contributed by atoms with Crippen molar-refractivity contribution < 1.29 is 19.5 Å². The summed E-state index contributed by atoms with van der Waals surface area (Å²) in [5.41, 5.74) is 0.597. The highest BCUT2D eigenvalue weighted by Gasteiger charge is 2.33. The maximum Gasteiger partial charge on any atom is 0.315 e. The van der Waals surface area contributed by atoms with Gasteiger partial charge in [0.1, 0.15) is 12.0 Å². The number of nitrogens with zero attached hydrogens (tertiary/aromatic N) is 1. The smallest absolute Gasteiger partial charge is 0.315 e. The number of hydrogen-bond acceptors (Lipinski definition) is 3. The quantitative estimate of drug-likeness (QED) is 0.825. The lowest BCUT2D eigenvalue weighted by atomic mass is 10.0. The third-order valence-corrected chi connectivity index (χ3v) is 3.98. The number of amides is 2. The number of para-hydroxylation sites is 1. The lowest BCUT2D eigenvalue weighted by molar-refractivity contribution is -0.147. The Bertz CT molecular complexity index is 605. The van der Waals surface area contributed by atoms with Crippen molar-refractivity contribution in [1.29, 1.82) is 0 Å². The van der Waals surface area contributed by atoms with Gasteiger partial charge in [-0.15, -0.1) is 0 Å². The summed E-state index contributed by atoms with van der Waals surface area (Å²) in [7, 11) is 0. The SMILES string of the molecule is CC(C(=O)O)C(=O)NC1CCCN(c2ccccc2Cl)C1=O. The summed E-state index contributed by atoms with van der Waals surface area (Å²) in [4.78, 5) is 36.7. The number of piperidine rings is 1. The summed E-state index contributed by atoms with van der Waals surface area (Å²) in [6.07, 6.45) is 1.18. The molecule has 2 unspecified atom stereocenters. The highest BCUT2D eigenvalue weighted by atomic mass is 35.5. The maximum atomic E-state index is 12.5. The van der Waals surface area contributed by atoms with Crippen molar-refractivity contribution in [3.63, 3.8) is 0 Å². The molecule has 0 spiro atoms. The number of aliphatic carboxylic acids is 1. The molecular weight excluding hydrogens is 308 g/mol. The summed E-state index contributed by atoms with van der Waals surface area (Å²) < 4.78 is 0. The largest absolute Gasteiger partial charge is 0.481 e. The molecule has 2 N–H and O–H groups in total. The van der Waals surface area contributed by atoms with Crippen molar-refractivity contribution in [3.05, 3.63) is 29.3 Å². The van der Waals surface area contributed by atoms with Crippen LogP contribution in [0, 0.1) is 5.92 Å². The first-order valence-corrected chi connectivity index (χ1v) is 7.38. The highest BCUT2D eigenvalue weighted by Crippen LogP contribution is 2.28. The Morgan fingerprint density at radius 2 is 2.09 bits per heavy atom. The highest BCUT2D eigenvalue weighted by molar-refractivity contribution is 6.33. The zero-order chi connectivity index (χ0) is 16.3. The first kappa shape index (κ1) is 16.3. The van der Waals surface area contributed by atoms with Crippen LogP contribution in [0.5, 0.6) is 0 Å². The first-order chi connectivity index (χ1) is 10.4. The van der Waals surface area contributed by atoms with Gasteiger partial charge in [0.15, 0.2) is 0 Å². The average molecular weight is 325 g/mol. The number of benzene rings is 1. The van der Waals surface area contributed by atoms with E-state index in [1.165, 1.54) is 11.8 Å². The van der Waals surface area contributed by atoms with Crippen molar-refractivity contribution in [1.82, 2.24) is 5.32 Å². The second-order valence-electron chi connectivity index (χ2n) is 5.20. The molecule has 1 fully saturated rings. The third kappa shape index (κ3) is 3.39. The molecule has 22 heavy (non-hydrogen) atoms. The normalized spacial score (nSPS) is 19.6. The Hall–Kier alpha value is -2.08. The predicted molar refractivity (Wildman–Crippen MR) is 81.8 cm³/mol. The van der Waals surface area contributed by atoms with E-state index in [0.29, 0.717) is 30.1 Å². The number of anilines is 1. The Kier molecular flexibility index (Phi) is 5.03. The van der Waals surface area contributed by atoms with Crippen molar-refractivity contribution in [2.75, 3.05) is 11.4 Å². The van der Waals surface area contributed by atoms with Crippen LogP contribution < -0.4 is 10.2 Å². The van der Waals surface area contributed by atoms with Crippen LogP contribution in [-0.2, 0) is 14.4 Å². The number of carbonyl (C=O) groups excluding carboxylic acids is 2. The molecule has 2 rings (SSSR count). The van der Waals surface area contributed by atoms with E-state index in [4.69, 9.17) is 16.7 Å². The summed E-state index contributed by atoms with van der Waals surface area (Å²) in [5.74, 6) is -3.34. The average Bonchev–Trinajstić information content (AvgIpc) is 2.49. The molecule has 1 aliphatic rings. The molecule has 0 aliphatic carbocycles. The molecule has 0 aromatic heterocycles. The number of nitrogens with one attached hydrogen (secondary N) is 1. The Balaban J connectivity index is 2.12. The molecule has 0 saturated carbocycles. The van der Waals surface area contributed by atoms with Gasteiger partial charge in [0.25, 0.3) is 0 Å². The zero-order valence-corrected chi connectivity index (χ0v) is 12.8. The van der Waals surface area contributed by atoms with Gasteiger partial charge in [-0.25, -0.2) is 0 Å². The van der Waals surface area contributed by atoms with E-state index in [9.17, 15) is 14.4 Å². The molecule has 1 aliphatic heterocycles. The van der Waals surface area contributed by atoms with Crippen LogP contribution in [0.15, 0.2) is 24.3 Å². The number of carbonyl (C=O) groups is 3. The molecule has 0 bridgehead atoms. The van der Waals surface area contributed by atoms with Crippen LogP contribution in [0.4, 0.5) is 5.69 Å². The van der Waals surface area contributed by atoms with Crippen molar-refractivity contribution in [2.24, 2.45) is 5.92 Å². The summed E-state index contributed by atoms with van der Waals surface area (Å²) in [5, 5.41) is 11.8. The monoisotopic (exact) mass is 324 g/mol. The second kappa shape index (κ2) is 6.79. The maximum absolute atomic E-state index is 12.5. The van der Waals surface area contributed by atoms with Gasteiger partial charge in [-0.3, -0.25) is 14.4 Å². The minimum Gasteiger partial charge on any atom is -0.481 e. The van der Waals surface area contributed by atoms with Gasteiger partial charge in [0.2, 0.25) is 11.8 Å². The second-order valence-corrected chi connectivity index (χ2v) is 5.61. The predicted octanol–water partition coefficient (Wildman–Crippen LogP) is 1.67. The van der Waals surface area contributed by atoms with Crippen molar-refractivity contribution in [3.8, 4) is 0 Å². The fraction of sp³-hybridized carbons (Fsp3) is 0.400. The van der Waals surface area contributed by atoms with Crippen LogP contribution in [0.2, 0.25) is 5.02 Å². The molecule has 0 radical (unpaired) electrons. The van der Waals surface area contributed by atoms with E-state index in [2.05, 4.69) is 5.32 Å². The lowest BCUT2D eigenvalue weighted by Gasteiger charge is -2.33. The standard InChI is InChI=1S/C15H17ClN2O4/c1-9(15(21)22)13(19)17-11-6-4-8-18(14(11)20)12-7-3-2-5-10(12)16/h2-3,5,7,9,11H,4,6,8H2,1H3,(H,17,19)(H,21,22). The molecule has 2 atom stereocenters. The molecule has 1 aromatic rings. The van der Waals surface area contributed by atoms with Gasteiger partial charge in [0.05, 0.1) is 10.7 Å². The van der Waals surface area contributed by atoms with Crippen LogP contribution in [0.3, 0.4) is 0 Å². The van der Waals surface area contributed by atoms with E-state index in [-0.39, 0.29) is 5.91 Å². The molecule has 1 aromatic carbocycles. The van der Waals surface area contributed by atoms with Crippen molar-refractivity contribution >= 4 is 35.1 Å². The van der Waals surface area contributed by atoms with Gasteiger partial charge in [-0.05, 0) is 31.9 Å². The zero-order valence-electron chi connectivity index (χ0n) is 12.1. The Labute approximate surface area is 133 Å². The van der Waals surface area contributed by atoms with Gasteiger partial charge < -0.3 is 15.3 Å². The Morgan fingerprint density at radius 1 is 1.41 bits per heavy atom. The van der Waals surface area contributed by atoms with Crippen molar-refractivity contribution in [2.45, 2.75) is 25.8 Å². The van der Waals surface area contributed by atoms with Crippen LogP contribution in [0.1, 0.15) is 19.8 Å². The van der Waals surface area contributed by atoms with Gasteiger partial charge >= 0.3 is 5.97 Å². The van der Waals surface area contributed by atoms with E-state index >= 15 is 0 Å². The molecular formula is C15H17ClN2O4. The molecule has 1 saturated heterocycles. The van der Waals surface area contributed by atoms with Gasteiger partial charge in [-0.2, -0.15) is 0 Å². The lowest BCUT2D eigenvalue weighted by Crippen LogP contribution is -2.54. The van der Waals surface area contributed by atoms with Crippen LogP contribution in [-0.4, -0.2) is 35.5 Å². The number of hydrogen-bond donors (Lipinski definition) is 2. The number of halogens is 1. The molecule has 1 heterocycles. The van der Waals surface area contributed by atoms with Crippen LogP contribution >= 0.6 is 11.6 Å². The summed E-state index contributed by atoms with van der Waals surface area (Å²) >= 11 is 6.11. The fourth-order valence-corrected chi connectivity index (χ4v) is 2.57. The third-order valence-electron chi connectivity index (χ3n) is 3.66. The first-order valence-electron chi connectivity index (χ1n) is 7.01. The number of carboxylic acids is 1. The topological polar surface area (TPSA) is 86.7 Å². The molecule has 6 nitrogen and oxygen atoms in total. The molecule has 118 valence electrons. The molecule has 2 amide bonds. The minimum absolute atomic E-state index is 0.273. The summed E-state index contributed by atoms with van der Waals surface area (Å²) in [6, 6.07) is 6.26.